The summed E-state index contributed by atoms with van der Waals surface area (Å²) in [4.78, 5) is 3.19. The lowest BCUT2D eigenvalue weighted by Gasteiger charge is -2.24. The lowest BCUT2D eigenvalue weighted by Crippen LogP contribution is -2.42. The Hall–Kier alpha value is -1.57. The first-order valence-electron chi connectivity index (χ1n) is 7.92. The summed E-state index contributed by atoms with van der Waals surface area (Å²) >= 11 is 0. The molecule has 0 saturated carbocycles. The van der Waals surface area contributed by atoms with Crippen LogP contribution in [0.15, 0.2) is 49.1 Å². The topological polar surface area (TPSA) is 19.7 Å². The molecule has 2 nitrogen and oxygen atoms in total. The van der Waals surface area contributed by atoms with Gasteiger partial charge in [-0.3, -0.25) is 4.98 Å². The summed E-state index contributed by atoms with van der Waals surface area (Å²) in [5.41, 5.74) is 1.46. The Morgan fingerprint density at radius 1 is 1.15 bits per heavy atom. The number of aromatic amines is 1. The van der Waals surface area contributed by atoms with Gasteiger partial charge in [-0.05, 0) is 31.2 Å². The first-order valence-corrected chi connectivity index (χ1v) is 7.92. The third-order valence-electron chi connectivity index (χ3n) is 4.21. The molecule has 2 heteroatoms. The summed E-state index contributed by atoms with van der Waals surface area (Å²) in [7, 11) is 0. The summed E-state index contributed by atoms with van der Waals surface area (Å²) in [6.07, 6.45) is 12.5. The molecular weight excluding hydrogens is 244 g/mol. The van der Waals surface area contributed by atoms with Gasteiger partial charge >= 0.3 is 0 Å². The first kappa shape index (κ1) is 14.8. The normalized spacial score (nSPS) is 14.1. The summed E-state index contributed by atoms with van der Waals surface area (Å²) in [5, 5.41) is 0. The number of nitrogens with zero attached hydrogens (tertiary/aromatic N) is 1. The van der Waals surface area contributed by atoms with Crippen LogP contribution in [-0.4, -0.2) is 4.98 Å². The molecule has 2 aromatic rings. The van der Waals surface area contributed by atoms with Gasteiger partial charge in [0.25, 0.3) is 0 Å². The molecule has 2 atom stereocenters. The van der Waals surface area contributed by atoms with Gasteiger partial charge < -0.3 is 0 Å². The number of nitrogens with one attached hydrogen (secondary N) is 1. The molecule has 0 spiro atoms. The van der Waals surface area contributed by atoms with E-state index in [4.69, 9.17) is 0 Å². The van der Waals surface area contributed by atoms with Crippen molar-refractivity contribution in [1.82, 2.24) is 4.98 Å². The summed E-state index contributed by atoms with van der Waals surface area (Å²) in [5.74, 6) is 0.699. The Morgan fingerprint density at radius 2 is 1.95 bits per heavy atom. The molecule has 0 bridgehead atoms. The second-order valence-corrected chi connectivity index (χ2v) is 5.63. The van der Waals surface area contributed by atoms with E-state index in [1.54, 1.807) is 0 Å². The van der Waals surface area contributed by atoms with Crippen molar-refractivity contribution in [1.29, 1.82) is 0 Å². The molecule has 108 valence electrons. The number of benzene rings is 1. The van der Waals surface area contributed by atoms with Gasteiger partial charge in [0, 0.05) is 5.92 Å². The fraction of sp³-hybridized carbons (Fsp3) is 0.500. The smallest absolute Gasteiger partial charge is 0.241 e. The zero-order valence-corrected chi connectivity index (χ0v) is 12.8. The second kappa shape index (κ2) is 7.88. The van der Waals surface area contributed by atoms with Crippen LogP contribution >= 0.6 is 0 Å². The summed E-state index contributed by atoms with van der Waals surface area (Å²) in [6, 6.07) is 11.5. The van der Waals surface area contributed by atoms with Crippen LogP contribution in [0.5, 0.6) is 0 Å². The number of aromatic nitrogens is 2. The zero-order valence-electron chi connectivity index (χ0n) is 12.8. The van der Waals surface area contributed by atoms with Crippen molar-refractivity contribution in [3.8, 4) is 0 Å². The van der Waals surface area contributed by atoms with E-state index in [0.717, 1.165) is 0 Å². The molecule has 0 amide bonds. The SMILES string of the molecule is CCCCC(C(CC)Cc1ccccc1)[n+]1cc[nH]c1. The predicted molar refractivity (Wildman–Crippen MR) is 83.5 cm³/mol. The van der Waals surface area contributed by atoms with E-state index >= 15 is 0 Å². The lowest BCUT2D eigenvalue weighted by molar-refractivity contribution is -0.730. The second-order valence-electron chi connectivity index (χ2n) is 5.63. The Balaban J connectivity index is 2.12. The van der Waals surface area contributed by atoms with E-state index in [-0.39, 0.29) is 0 Å². The number of H-pyrrole nitrogens is 1. The van der Waals surface area contributed by atoms with Crippen LogP contribution in [-0.2, 0) is 6.42 Å². The Bertz CT molecular complexity index is 461. The average Bonchev–Trinajstić information content (AvgIpc) is 3.01. The van der Waals surface area contributed by atoms with E-state index in [9.17, 15) is 0 Å². The van der Waals surface area contributed by atoms with E-state index in [1.165, 1.54) is 37.7 Å². The van der Waals surface area contributed by atoms with Crippen molar-refractivity contribution in [2.24, 2.45) is 5.92 Å². The Labute approximate surface area is 122 Å². The molecule has 0 aliphatic heterocycles. The quantitative estimate of drug-likeness (QED) is 0.691. The van der Waals surface area contributed by atoms with Crippen molar-refractivity contribution in [3.63, 3.8) is 0 Å². The molecule has 2 unspecified atom stereocenters. The third kappa shape index (κ3) is 3.96. The molecule has 0 aliphatic carbocycles. The number of hydrogen-bond donors (Lipinski definition) is 1. The molecule has 0 aliphatic rings. The molecule has 1 aromatic carbocycles. The molecular formula is C18H27N2+. The van der Waals surface area contributed by atoms with Crippen molar-refractivity contribution < 1.29 is 4.57 Å². The molecule has 0 saturated heterocycles. The van der Waals surface area contributed by atoms with Crippen LogP contribution in [0.4, 0.5) is 0 Å². The van der Waals surface area contributed by atoms with Crippen LogP contribution in [0.1, 0.15) is 51.1 Å². The molecule has 1 heterocycles. The minimum absolute atomic E-state index is 0.603. The molecule has 0 fully saturated rings. The van der Waals surface area contributed by atoms with Crippen molar-refractivity contribution in [2.75, 3.05) is 0 Å². The largest absolute Gasteiger partial charge is 0.250 e. The van der Waals surface area contributed by atoms with E-state index in [0.29, 0.717) is 12.0 Å². The van der Waals surface area contributed by atoms with Gasteiger partial charge in [0.05, 0.1) is 0 Å². The maximum atomic E-state index is 3.19. The van der Waals surface area contributed by atoms with Crippen LogP contribution in [0.25, 0.3) is 0 Å². The van der Waals surface area contributed by atoms with Crippen LogP contribution in [0.2, 0.25) is 0 Å². The monoisotopic (exact) mass is 271 g/mol. The van der Waals surface area contributed by atoms with Gasteiger partial charge in [-0.2, -0.15) is 0 Å². The molecule has 20 heavy (non-hydrogen) atoms. The highest BCUT2D eigenvalue weighted by atomic mass is 15.1. The van der Waals surface area contributed by atoms with E-state index in [1.807, 2.05) is 6.20 Å². The van der Waals surface area contributed by atoms with Gasteiger partial charge in [-0.15, -0.1) is 0 Å². The van der Waals surface area contributed by atoms with Gasteiger partial charge in [0.1, 0.15) is 18.4 Å². The standard InChI is InChI=1S/C18H26N2/c1-3-5-11-18(20-13-12-19-15-20)17(4-2)14-16-9-7-6-8-10-16/h6-10,12-13,15,17-18H,3-5,11,14H2,1-2H3/p+1. The molecule has 1 aromatic heterocycles. The number of unbranched alkanes of at least 4 members (excludes halogenated alkanes) is 1. The zero-order chi connectivity index (χ0) is 14.2. The van der Waals surface area contributed by atoms with Crippen molar-refractivity contribution in [3.05, 3.63) is 54.6 Å². The van der Waals surface area contributed by atoms with Crippen molar-refractivity contribution in [2.45, 2.75) is 52.0 Å². The fourth-order valence-corrected chi connectivity index (χ4v) is 3.02. The first-order chi connectivity index (χ1) is 9.85. The highest BCUT2D eigenvalue weighted by molar-refractivity contribution is 5.15. The van der Waals surface area contributed by atoms with Crippen molar-refractivity contribution >= 4 is 0 Å². The van der Waals surface area contributed by atoms with E-state index < -0.39 is 0 Å². The Morgan fingerprint density at radius 3 is 2.55 bits per heavy atom. The number of hydrogen-bond acceptors (Lipinski definition) is 0. The number of imidazole rings is 1. The van der Waals surface area contributed by atoms with Crippen LogP contribution in [0.3, 0.4) is 0 Å². The fourth-order valence-electron chi connectivity index (χ4n) is 3.02. The van der Waals surface area contributed by atoms with Crippen LogP contribution < -0.4 is 4.57 Å². The van der Waals surface area contributed by atoms with Gasteiger partial charge in [0.15, 0.2) is 0 Å². The molecule has 1 N–H and O–H groups in total. The van der Waals surface area contributed by atoms with Gasteiger partial charge in [-0.25, -0.2) is 4.57 Å². The highest BCUT2D eigenvalue weighted by Gasteiger charge is 2.25. The molecule has 2 rings (SSSR count). The van der Waals surface area contributed by atoms with Crippen LogP contribution in [0, 0.1) is 5.92 Å². The summed E-state index contributed by atoms with van der Waals surface area (Å²) < 4.78 is 2.37. The third-order valence-corrected chi connectivity index (χ3v) is 4.21. The Kier molecular flexibility index (Phi) is 5.85. The van der Waals surface area contributed by atoms with E-state index in [2.05, 4.69) is 66.3 Å². The number of rotatable bonds is 8. The average molecular weight is 271 g/mol. The maximum Gasteiger partial charge on any atom is 0.241 e. The van der Waals surface area contributed by atoms with Gasteiger partial charge in [-0.1, -0.05) is 50.6 Å². The van der Waals surface area contributed by atoms with Gasteiger partial charge in [0.2, 0.25) is 6.33 Å². The highest BCUT2D eigenvalue weighted by Crippen LogP contribution is 2.25. The minimum Gasteiger partial charge on any atom is -0.250 e. The summed E-state index contributed by atoms with van der Waals surface area (Å²) in [6.45, 7) is 4.59. The maximum absolute atomic E-state index is 3.19. The minimum atomic E-state index is 0.603. The lowest BCUT2D eigenvalue weighted by atomic mass is 9.87. The predicted octanol–water partition coefficient (Wildman–Crippen LogP) is 4.30. The molecule has 0 radical (unpaired) electrons.